The lowest BCUT2D eigenvalue weighted by atomic mass is 10.0. The lowest BCUT2D eigenvalue weighted by Gasteiger charge is -2.27. The minimum absolute atomic E-state index is 0.246. The molecule has 3 aromatic rings. The maximum absolute atomic E-state index is 9.38. The molecular formula is C19H16O3. The van der Waals surface area contributed by atoms with E-state index in [2.05, 4.69) is 18.2 Å². The smallest absolute Gasteiger partial charge is 0.138 e. The summed E-state index contributed by atoms with van der Waals surface area (Å²) in [5.74, 6) is 1.86. The van der Waals surface area contributed by atoms with Crippen LogP contribution in [0.5, 0.6) is 11.5 Å². The number of hydrogen-bond acceptors (Lipinski definition) is 3. The van der Waals surface area contributed by atoms with Gasteiger partial charge in [-0.1, -0.05) is 6.08 Å². The van der Waals surface area contributed by atoms with E-state index < -0.39 is 0 Å². The Morgan fingerprint density at radius 1 is 1.00 bits per heavy atom. The highest BCUT2D eigenvalue weighted by molar-refractivity contribution is 5.87. The first kappa shape index (κ1) is 13.0. The van der Waals surface area contributed by atoms with Gasteiger partial charge in [0, 0.05) is 22.6 Å². The van der Waals surface area contributed by atoms with Crippen LogP contribution in [-0.2, 0) is 0 Å². The number of aromatic hydroxyl groups is 1. The largest absolute Gasteiger partial charge is 0.508 e. The van der Waals surface area contributed by atoms with E-state index in [0.29, 0.717) is 0 Å². The maximum atomic E-state index is 9.38. The van der Waals surface area contributed by atoms with Crippen molar-refractivity contribution >= 4 is 17.0 Å². The predicted octanol–water partition coefficient (Wildman–Crippen LogP) is 4.99. The molecule has 3 nitrogen and oxygen atoms in total. The minimum Gasteiger partial charge on any atom is -0.508 e. The lowest BCUT2D eigenvalue weighted by molar-refractivity contribution is 0.159. The van der Waals surface area contributed by atoms with Gasteiger partial charge in [0.2, 0.25) is 0 Å². The summed E-state index contributed by atoms with van der Waals surface area (Å²) >= 11 is 0. The molecule has 2 heterocycles. The molecular weight excluding hydrogens is 276 g/mol. The summed E-state index contributed by atoms with van der Waals surface area (Å²) < 4.78 is 11.9. The van der Waals surface area contributed by atoms with Gasteiger partial charge in [-0.15, -0.1) is 0 Å². The van der Waals surface area contributed by atoms with Crippen molar-refractivity contribution in [1.82, 2.24) is 0 Å². The van der Waals surface area contributed by atoms with Gasteiger partial charge in [0.15, 0.2) is 0 Å². The van der Waals surface area contributed by atoms with Gasteiger partial charge in [0.05, 0.1) is 0 Å². The molecule has 0 atom stereocenters. The van der Waals surface area contributed by atoms with Crippen LogP contribution >= 0.6 is 0 Å². The third kappa shape index (κ3) is 2.15. The number of rotatable bonds is 1. The molecule has 0 unspecified atom stereocenters. The Balaban J connectivity index is 1.82. The maximum Gasteiger partial charge on any atom is 0.138 e. The molecule has 1 aromatic heterocycles. The van der Waals surface area contributed by atoms with Crippen molar-refractivity contribution in [3.8, 4) is 22.8 Å². The predicted molar refractivity (Wildman–Crippen MR) is 87.1 cm³/mol. The molecule has 1 aliphatic rings. The summed E-state index contributed by atoms with van der Waals surface area (Å²) in [6, 6.07) is 13.0. The second-order valence-corrected chi connectivity index (χ2v) is 6.12. The van der Waals surface area contributed by atoms with Crippen LogP contribution in [-0.4, -0.2) is 10.7 Å². The van der Waals surface area contributed by atoms with Gasteiger partial charge in [0.1, 0.15) is 28.4 Å². The molecule has 0 bridgehead atoms. The van der Waals surface area contributed by atoms with Crippen molar-refractivity contribution in [2.45, 2.75) is 19.4 Å². The van der Waals surface area contributed by atoms with E-state index in [1.165, 1.54) is 0 Å². The van der Waals surface area contributed by atoms with Gasteiger partial charge in [-0.25, -0.2) is 0 Å². The number of furan rings is 1. The molecule has 110 valence electrons. The number of phenolic OH excluding ortho intramolecular Hbond substituents is 1. The van der Waals surface area contributed by atoms with Gasteiger partial charge >= 0.3 is 0 Å². The third-order valence-corrected chi connectivity index (χ3v) is 3.84. The van der Waals surface area contributed by atoms with Crippen LogP contribution in [0, 0.1) is 0 Å². The number of ether oxygens (including phenoxy) is 1. The first-order valence-corrected chi connectivity index (χ1v) is 7.25. The Kier molecular flexibility index (Phi) is 2.61. The Labute approximate surface area is 128 Å². The third-order valence-electron chi connectivity index (χ3n) is 3.84. The Morgan fingerprint density at radius 2 is 1.77 bits per heavy atom. The molecule has 0 amide bonds. The lowest BCUT2D eigenvalue weighted by Crippen LogP contribution is -2.27. The van der Waals surface area contributed by atoms with Crippen LogP contribution in [0.25, 0.3) is 28.4 Å². The van der Waals surface area contributed by atoms with Crippen molar-refractivity contribution in [2.75, 3.05) is 0 Å². The quantitative estimate of drug-likeness (QED) is 0.687. The second kappa shape index (κ2) is 4.41. The summed E-state index contributed by atoms with van der Waals surface area (Å²) in [5.41, 5.74) is 2.49. The van der Waals surface area contributed by atoms with E-state index in [0.717, 1.165) is 33.6 Å². The molecule has 0 fully saturated rings. The first-order chi connectivity index (χ1) is 10.5. The molecule has 0 spiro atoms. The topological polar surface area (TPSA) is 42.6 Å². The van der Waals surface area contributed by atoms with Crippen LogP contribution in [0.2, 0.25) is 0 Å². The summed E-state index contributed by atoms with van der Waals surface area (Å²) in [7, 11) is 0. The monoisotopic (exact) mass is 292 g/mol. The number of hydrogen-bond donors (Lipinski definition) is 1. The van der Waals surface area contributed by atoms with Crippen LogP contribution < -0.4 is 4.74 Å². The number of benzene rings is 2. The molecule has 1 N–H and O–H groups in total. The molecule has 0 saturated heterocycles. The van der Waals surface area contributed by atoms with E-state index in [4.69, 9.17) is 9.15 Å². The number of phenols is 1. The van der Waals surface area contributed by atoms with Crippen molar-refractivity contribution in [3.63, 3.8) is 0 Å². The highest BCUT2D eigenvalue weighted by Crippen LogP contribution is 2.37. The summed E-state index contributed by atoms with van der Waals surface area (Å²) in [4.78, 5) is 0. The van der Waals surface area contributed by atoms with Gasteiger partial charge in [-0.05, 0) is 56.3 Å². The molecule has 0 aliphatic carbocycles. The summed E-state index contributed by atoms with van der Waals surface area (Å²) in [6.07, 6.45) is 4.15. The fourth-order valence-electron chi connectivity index (χ4n) is 2.68. The van der Waals surface area contributed by atoms with Crippen LogP contribution in [0.4, 0.5) is 0 Å². The highest BCUT2D eigenvalue weighted by atomic mass is 16.5. The Hall–Kier alpha value is -2.68. The normalized spacial score (nSPS) is 15.5. The Morgan fingerprint density at radius 3 is 2.55 bits per heavy atom. The zero-order valence-corrected chi connectivity index (χ0v) is 12.5. The van der Waals surface area contributed by atoms with Gasteiger partial charge in [-0.3, -0.25) is 0 Å². The SMILES string of the molecule is CC1(C)C=Cc2cc3cc(-c4ccc(O)cc4)oc3cc2O1. The van der Waals surface area contributed by atoms with E-state index in [9.17, 15) is 5.11 Å². The molecule has 0 radical (unpaired) electrons. The molecule has 4 rings (SSSR count). The van der Waals surface area contributed by atoms with Crippen molar-refractivity contribution < 1.29 is 14.3 Å². The van der Waals surface area contributed by atoms with Gasteiger partial charge in [-0.2, -0.15) is 0 Å². The van der Waals surface area contributed by atoms with E-state index in [1.54, 1.807) is 12.1 Å². The average Bonchev–Trinajstić information content (AvgIpc) is 2.87. The minimum atomic E-state index is -0.299. The Bertz CT molecular complexity index is 883. The van der Waals surface area contributed by atoms with Crippen LogP contribution in [0.1, 0.15) is 19.4 Å². The van der Waals surface area contributed by atoms with E-state index >= 15 is 0 Å². The molecule has 2 aromatic carbocycles. The molecule has 1 aliphatic heterocycles. The van der Waals surface area contributed by atoms with Crippen molar-refractivity contribution in [3.05, 3.63) is 54.1 Å². The summed E-state index contributed by atoms with van der Waals surface area (Å²) in [5, 5.41) is 10.4. The van der Waals surface area contributed by atoms with Crippen LogP contribution in [0.3, 0.4) is 0 Å². The number of fused-ring (bicyclic) bond motifs is 2. The van der Waals surface area contributed by atoms with Crippen molar-refractivity contribution in [2.24, 2.45) is 0 Å². The fourth-order valence-corrected chi connectivity index (χ4v) is 2.68. The van der Waals surface area contributed by atoms with Gasteiger partial charge < -0.3 is 14.3 Å². The summed E-state index contributed by atoms with van der Waals surface area (Å²) in [6.45, 7) is 4.06. The molecule has 0 saturated carbocycles. The standard InChI is InChI=1S/C19H16O3/c1-19(2)8-7-13-9-14-10-16(12-3-5-15(20)6-4-12)21-17(14)11-18(13)22-19/h3-11,20H,1-2H3. The van der Waals surface area contributed by atoms with Crippen LogP contribution in [0.15, 0.2) is 53.0 Å². The molecule has 22 heavy (non-hydrogen) atoms. The fraction of sp³-hybridized carbons (Fsp3) is 0.158. The van der Waals surface area contributed by atoms with Crippen molar-refractivity contribution in [1.29, 1.82) is 0 Å². The highest BCUT2D eigenvalue weighted by Gasteiger charge is 2.22. The average molecular weight is 292 g/mol. The zero-order chi connectivity index (χ0) is 15.3. The van der Waals surface area contributed by atoms with Gasteiger partial charge in [0.25, 0.3) is 0 Å². The first-order valence-electron chi connectivity index (χ1n) is 7.25. The molecule has 3 heteroatoms. The second-order valence-electron chi connectivity index (χ2n) is 6.12. The zero-order valence-electron chi connectivity index (χ0n) is 12.5. The van der Waals surface area contributed by atoms with E-state index in [1.807, 2.05) is 38.1 Å². The van der Waals surface area contributed by atoms with E-state index in [-0.39, 0.29) is 11.4 Å².